The summed E-state index contributed by atoms with van der Waals surface area (Å²) in [6.07, 6.45) is 3.43. The number of carbonyl (C=O) groups excluding carboxylic acids is 2. The highest BCUT2D eigenvalue weighted by Crippen LogP contribution is 2.44. The van der Waals surface area contributed by atoms with E-state index in [0.29, 0.717) is 38.3 Å². The van der Waals surface area contributed by atoms with E-state index in [1.165, 1.54) is 27.2 Å². The Labute approximate surface area is 206 Å². The normalized spacial score (nSPS) is 19.1. The third-order valence-electron chi connectivity index (χ3n) is 7.10. The SMILES string of the molecule is CC1CCC(C(=O)O)N(C(=O)CCCCCNC(=O)OCC2c3ccccc3-c3ccccc32)C1. The zero-order chi connectivity index (χ0) is 24.8. The minimum atomic E-state index is -0.919. The first-order valence-corrected chi connectivity index (χ1v) is 12.6. The second-order valence-corrected chi connectivity index (χ2v) is 9.65. The number of ether oxygens (including phenoxy) is 1. The van der Waals surface area contributed by atoms with E-state index < -0.39 is 18.1 Å². The summed E-state index contributed by atoms with van der Waals surface area (Å²) in [5, 5.41) is 12.2. The van der Waals surface area contributed by atoms with Crippen LogP contribution in [-0.4, -0.2) is 53.7 Å². The summed E-state index contributed by atoms with van der Waals surface area (Å²) in [7, 11) is 0. The molecule has 35 heavy (non-hydrogen) atoms. The van der Waals surface area contributed by atoms with E-state index in [1.54, 1.807) is 0 Å². The zero-order valence-corrected chi connectivity index (χ0v) is 20.2. The van der Waals surface area contributed by atoms with E-state index in [2.05, 4.69) is 29.6 Å². The number of benzene rings is 2. The molecule has 4 rings (SSSR count). The summed E-state index contributed by atoms with van der Waals surface area (Å²) >= 11 is 0. The van der Waals surface area contributed by atoms with E-state index in [9.17, 15) is 19.5 Å². The van der Waals surface area contributed by atoms with Gasteiger partial charge in [-0.1, -0.05) is 61.9 Å². The summed E-state index contributed by atoms with van der Waals surface area (Å²) in [6.45, 7) is 3.32. The second kappa shape index (κ2) is 11.4. The molecule has 186 valence electrons. The number of nitrogens with zero attached hydrogens (tertiary/aromatic N) is 1. The fraction of sp³-hybridized carbons (Fsp3) is 0.464. The summed E-state index contributed by atoms with van der Waals surface area (Å²) in [4.78, 5) is 37.8. The fourth-order valence-corrected chi connectivity index (χ4v) is 5.25. The van der Waals surface area contributed by atoms with Gasteiger partial charge in [-0.3, -0.25) is 4.79 Å². The number of hydrogen-bond acceptors (Lipinski definition) is 4. The number of carboxylic acids is 1. The molecule has 7 nitrogen and oxygen atoms in total. The Morgan fingerprint density at radius 1 is 0.971 bits per heavy atom. The molecule has 0 radical (unpaired) electrons. The van der Waals surface area contributed by atoms with Crippen LogP contribution in [0.25, 0.3) is 11.1 Å². The van der Waals surface area contributed by atoms with Crippen LogP contribution in [0.3, 0.4) is 0 Å². The molecule has 1 aliphatic heterocycles. The van der Waals surface area contributed by atoms with Gasteiger partial charge in [0, 0.05) is 25.4 Å². The Morgan fingerprint density at radius 2 is 1.63 bits per heavy atom. The molecule has 0 bridgehead atoms. The van der Waals surface area contributed by atoms with Gasteiger partial charge in [-0.05, 0) is 53.9 Å². The van der Waals surface area contributed by atoms with E-state index in [0.717, 1.165) is 19.3 Å². The van der Waals surface area contributed by atoms with Gasteiger partial charge in [0.15, 0.2) is 0 Å². The lowest BCUT2D eigenvalue weighted by atomic mass is 9.93. The number of carboxylic acid groups (broad SMARTS) is 1. The van der Waals surface area contributed by atoms with Crippen LogP contribution in [0.4, 0.5) is 4.79 Å². The van der Waals surface area contributed by atoms with Gasteiger partial charge >= 0.3 is 12.1 Å². The maximum absolute atomic E-state index is 12.6. The van der Waals surface area contributed by atoms with Crippen molar-refractivity contribution < 1.29 is 24.2 Å². The highest BCUT2D eigenvalue weighted by Gasteiger charge is 2.34. The van der Waals surface area contributed by atoms with Crippen LogP contribution < -0.4 is 5.32 Å². The summed E-state index contributed by atoms with van der Waals surface area (Å²) in [6, 6.07) is 15.8. The highest BCUT2D eigenvalue weighted by molar-refractivity contribution is 5.84. The number of hydrogen-bond donors (Lipinski definition) is 2. The van der Waals surface area contributed by atoms with Crippen molar-refractivity contribution in [3.63, 3.8) is 0 Å². The monoisotopic (exact) mass is 478 g/mol. The van der Waals surface area contributed by atoms with Crippen LogP contribution in [0.5, 0.6) is 0 Å². The number of rotatable bonds is 9. The lowest BCUT2D eigenvalue weighted by Gasteiger charge is -2.36. The molecule has 0 aromatic heterocycles. The zero-order valence-electron chi connectivity index (χ0n) is 20.2. The first kappa shape index (κ1) is 24.8. The smallest absolute Gasteiger partial charge is 0.407 e. The first-order valence-electron chi connectivity index (χ1n) is 12.6. The van der Waals surface area contributed by atoms with Crippen molar-refractivity contribution in [1.82, 2.24) is 10.2 Å². The number of aliphatic carboxylic acids is 1. The Hall–Kier alpha value is -3.35. The van der Waals surface area contributed by atoms with Crippen molar-refractivity contribution in [2.45, 2.75) is 57.4 Å². The molecule has 1 fully saturated rings. The molecule has 2 aromatic carbocycles. The highest BCUT2D eigenvalue weighted by atomic mass is 16.5. The molecule has 0 spiro atoms. The van der Waals surface area contributed by atoms with Crippen LogP contribution in [0, 0.1) is 5.92 Å². The first-order chi connectivity index (χ1) is 17.0. The Morgan fingerprint density at radius 3 is 2.29 bits per heavy atom. The van der Waals surface area contributed by atoms with Gasteiger partial charge in [0.1, 0.15) is 12.6 Å². The Balaban J connectivity index is 1.15. The van der Waals surface area contributed by atoms with Crippen molar-refractivity contribution in [2.24, 2.45) is 5.92 Å². The van der Waals surface area contributed by atoms with Gasteiger partial charge in [-0.25, -0.2) is 9.59 Å². The number of fused-ring (bicyclic) bond motifs is 3. The van der Waals surface area contributed by atoms with E-state index in [1.807, 2.05) is 31.2 Å². The van der Waals surface area contributed by atoms with Gasteiger partial charge < -0.3 is 20.1 Å². The third-order valence-corrected chi connectivity index (χ3v) is 7.10. The van der Waals surface area contributed by atoms with Gasteiger partial charge in [-0.2, -0.15) is 0 Å². The van der Waals surface area contributed by atoms with Gasteiger partial charge in [0.25, 0.3) is 0 Å². The van der Waals surface area contributed by atoms with Crippen molar-refractivity contribution in [3.8, 4) is 11.1 Å². The minimum absolute atomic E-state index is 0.0336. The molecule has 2 unspecified atom stereocenters. The average Bonchev–Trinajstić information content (AvgIpc) is 3.18. The quantitative estimate of drug-likeness (QED) is 0.505. The van der Waals surface area contributed by atoms with Gasteiger partial charge in [-0.15, -0.1) is 0 Å². The molecule has 2 aliphatic rings. The Bertz CT molecular complexity index is 1020. The number of piperidine rings is 1. The van der Waals surface area contributed by atoms with Crippen LogP contribution in [0.2, 0.25) is 0 Å². The lowest BCUT2D eigenvalue weighted by Crippen LogP contribution is -2.50. The molecule has 0 saturated carbocycles. The number of carbonyl (C=O) groups is 3. The lowest BCUT2D eigenvalue weighted by molar-refractivity contribution is -0.153. The van der Waals surface area contributed by atoms with E-state index >= 15 is 0 Å². The topological polar surface area (TPSA) is 95.9 Å². The molecule has 1 saturated heterocycles. The van der Waals surface area contributed by atoms with E-state index in [-0.39, 0.29) is 18.4 Å². The summed E-state index contributed by atoms with van der Waals surface area (Å²) in [5.41, 5.74) is 4.75. The third kappa shape index (κ3) is 5.84. The minimum Gasteiger partial charge on any atom is -0.480 e. The molecule has 7 heteroatoms. The number of alkyl carbamates (subject to hydrolysis) is 1. The van der Waals surface area contributed by atoms with Crippen molar-refractivity contribution >= 4 is 18.0 Å². The predicted molar refractivity (Wildman–Crippen MR) is 133 cm³/mol. The average molecular weight is 479 g/mol. The largest absolute Gasteiger partial charge is 0.480 e. The second-order valence-electron chi connectivity index (χ2n) is 9.65. The molecule has 1 aliphatic carbocycles. The van der Waals surface area contributed by atoms with Crippen molar-refractivity contribution in [1.29, 1.82) is 0 Å². The summed E-state index contributed by atoms with van der Waals surface area (Å²) in [5.74, 6) is -0.645. The number of nitrogens with one attached hydrogen (secondary N) is 1. The van der Waals surface area contributed by atoms with Gasteiger partial charge in [0.2, 0.25) is 5.91 Å². The van der Waals surface area contributed by atoms with Crippen molar-refractivity contribution in [2.75, 3.05) is 19.7 Å². The van der Waals surface area contributed by atoms with Crippen LogP contribution in [0.1, 0.15) is 62.5 Å². The standard InChI is InChI=1S/C28H34N2O5/c1-19-14-15-25(27(32)33)30(17-19)26(31)13-3-2-8-16-29-28(34)35-18-24-22-11-6-4-9-20(22)21-10-5-7-12-23(21)24/h4-7,9-12,19,24-25H,2-3,8,13-18H2,1H3,(H,29,34)(H,32,33). The number of amides is 2. The van der Waals surface area contributed by atoms with Crippen LogP contribution in [0.15, 0.2) is 48.5 Å². The molecule has 2 N–H and O–H groups in total. The molecular weight excluding hydrogens is 444 g/mol. The van der Waals surface area contributed by atoms with E-state index in [4.69, 9.17) is 4.74 Å². The van der Waals surface area contributed by atoms with Crippen LogP contribution in [-0.2, 0) is 14.3 Å². The molecular formula is C28H34N2O5. The maximum Gasteiger partial charge on any atom is 0.407 e. The number of unbranched alkanes of at least 4 members (excludes halogenated alkanes) is 2. The molecule has 2 amide bonds. The van der Waals surface area contributed by atoms with Gasteiger partial charge in [0.05, 0.1) is 0 Å². The van der Waals surface area contributed by atoms with Crippen LogP contribution >= 0.6 is 0 Å². The van der Waals surface area contributed by atoms with Crippen molar-refractivity contribution in [3.05, 3.63) is 59.7 Å². The fourth-order valence-electron chi connectivity index (χ4n) is 5.25. The molecule has 2 atom stereocenters. The number of likely N-dealkylation sites (tertiary alicyclic amines) is 1. The molecule has 2 aromatic rings. The maximum atomic E-state index is 12.6. The predicted octanol–water partition coefficient (Wildman–Crippen LogP) is 4.80. The molecule has 1 heterocycles. The Kier molecular flexibility index (Phi) is 8.06. The summed E-state index contributed by atoms with van der Waals surface area (Å²) < 4.78 is 5.54.